The molecular weight excluding hydrogens is 204 g/mol. The highest BCUT2D eigenvalue weighted by atomic mass is 16.5. The van der Waals surface area contributed by atoms with Crippen molar-refractivity contribution >= 4 is 11.6 Å². The number of methoxy groups -OCH3 is 1. The SMILES string of the molecule is COc1cc(N)cc(C(=O)N2CC=CC2)c1. The van der Waals surface area contributed by atoms with E-state index in [1.165, 1.54) is 0 Å². The first-order chi connectivity index (χ1) is 7.70. The number of benzene rings is 1. The number of carbonyl (C=O) groups excluding carboxylic acids is 1. The van der Waals surface area contributed by atoms with E-state index in [0.29, 0.717) is 30.1 Å². The van der Waals surface area contributed by atoms with Crippen LogP contribution in [0, 0.1) is 0 Å². The van der Waals surface area contributed by atoms with Crippen LogP contribution in [0.25, 0.3) is 0 Å². The lowest BCUT2D eigenvalue weighted by molar-refractivity contribution is 0.0799. The third-order valence-electron chi connectivity index (χ3n) is 2.52. The molecule has 0 saturated heterocycles. The first-order valence-corrected chi connectivity index (χ1v) is 5.09. The fourth-order valence-corrected chi connectivity index (χ4v) is 1.69. The molecule has 0 unspecified atom stereocenters. The molecule has 1 amide bonds. The maximum Gasteiger partial charge on any atom is 0.254 e. The van der Waals surface area contributed by atoms with Crippen molar-refractivity contribution < 1.29 is 9.53 Å². The molecule has 16 heavy (non-hydrogen) atoms. The number of ether oxygens (including phenoxy) is 1. The molecule has 0 bridgehead atoms. The van der Waals surface area contributed by atoms with Gasteiger partial charge in [0.2, 0.25) is 0 Å². The molecule has 0 atom stereocenters. The van der Waals surface area contributed by atoms with Gasteiger partial charge >= 0.3 is 0 Å². The number of rotatable bonds is 2. The number of anilines is 1. The summed E-state index contributed by atoms with van der Waals surface area (Å²) >= 11 is 0. The smallest absolute Gasteiger partial charge is 0.254 e. The second kappa shape index (κ2) is 4.26. The third kappa shape index (κ3) is 2.00. The number of nitrogen functional groups attached to an aromatic ring is 1. The lowest BCUT2D eigenvalue weighted by atomic mass is 10.1. The van der Waals surface area contributed by atoms with Crippen LogP contribution >= 0.6 is 0 Å². The van der Waals surface area contributed by atoms with E-state index < -0.39 is 0 Å². The number of nitrogens with zero attached hydrogens (tertiary/aromatic N) is 1. The normalized spacial score (nSPS) is 14.2. The number of carbonyl (C=O) groups is 1. The summed E-state index contributed by atoms with van der Waals surface area (Å²) in [6.45, 7) is 1.33. The molecular formula is C12H14N2O2. The van der Waals surface area contributed by atoms with Crippen molar-refractivity contribution in [1.82, 2.24) is 4.90 Å². The van der Waals surface area contributed by atoms with Gasteiger partial charge in [0.05, 0.1) is 7.11 Å². The quantitative estimate of drug-likeness (QED) is 0.601. The fraction of sp³-hybridized carbons (Fsp3) is 0.250. The van der Waals surface area contributed by atoms with Crippen LogP contribution in [-0.4, -0.2) is 31.0 Å². The summed E-state index contributed by atoms with van der Waals surface area (Å²) in [6, 6.07) is 5.07. The van der Waals surface area contributed by atoms with Crippen molar-refractivity contribution in [2.45, 2.75) is 0 Å². The number of hydrogen-bond donors (Lipinski definition) is 1. The second-order valence-electron chi connectivity index (χ2n) is 3.68. The Morgan fingerprint density at radius 3 is 2.62 bits per heavy atom. The minimum absolute atomic E-state index is 0.0180. The summed E-state index contributed by atoms with van der Waals surface area (Å²) in [5.41, 5.74) is 6.81. The van der Waals surface area contributed by atoms with Gasteiger partial charge in [0.1, 0.15) is 5.75 Å². The van der Waals surface area contributed by atoms with Crippen LogP contribution in [0.1, 0.15) is 10.4 Å². The zero-order chi connectivity index (χ0) is 11.5. The zero-order valence-electron chi connectivity index (χ0n) is 9.14. The van der Waals surface area contributed by atoms with Gasteiger partial charge in [-0.2, -0.15) is 0 Å². The van der Waals surface area contributed by atoms with Gasteiger partial charge in [-0.05, 0) is 12.1 Å². The van der Waals surface area contributed by atoms with Gasteiger partial charge in [0.15, 0.2) is 0 Å². The van der Waals surface area contributed by atoms with Gasteiger partial charge in [0, 0.05) is 30.4 Å². The average Bonchev–Trinajstić information content (AvgIpc) is 2.80. The van der Waals surface area contributed by atoms with Gasteiger partial charge in [-0.1, -0.05) is 12.2 Å². The van der Waals surface area contributed by atoms with Crippen LogP contribution < -0.4 is 10.5 Å². The molecule has 1 heterocycles. The molecule has 4 nitrogen and oxygen atoms in total. The minimum Gasteiger partial charge on any atom is -0.497 e. The maximum atomic E-state index is 12.0. The van der Waals surface area contributed by atoms with E-state index in [1.54, 1.807) is 30.2 Å². The number of amides is 1. The molecule has 0 aliphatic carbocycles. The van der Waals surface area contributed by atoms with E-state index in [4.69, 9.17) is 10.5 Å². The summed E-state index contributed by atoms with van der Waals surface area (Å²) in [5, 5.41) is 0. The van der Waals surface area contributed by atoms with Gasteiger partial charge < -0.3 is 15.4 Å². The predicted molar refractivity (Wildman–Crippen MR) is 62.4 cm³/mol. The van der Waals surface area contributed by atoms with Crippen LogP contribution in [0.4, 0.5) is 5.69 Å². The molecule has 0 radical (unpaired) electrons. The number of hydrogen-bond acceptors (Lipinski definition) is 3. The summed E-state index contributed by atoms with van der Waals surface area (Å²) < 4.78 is 5.08. The fourth-order valence-electron chi connectivity index (χ4n) is 1.69. The van der Waals surface area contributed by atoms with E-state index >= 15 is 0 Å². The summed E-state index contributed by atoms with van der Waals surface area (Å²) in [6.07, 6.45) is 3.95. The van der Waals surface area contributed by atoms with E-state index in [9.17, 15) is 4.79 Å². The van der Waals surface area contributed by atoms with Gasteiger partial charge in [-0.25, -0.2) is 0 Å². The van der Waals surface area contributed by atoms with Crippen LogP contribution in [0.3, 0.4) is 0 Å². The Balaban J connectivity index is 2.25. The van der Waals surface area contributed by atoms with E-state index in [0.717, 1.165) is 0 Å². The van der Waals surface area contributed by atoms with E-state index in [1.807, 2.05) is 12.2 Å². The summed E-state index contributed by atoms with van der Waals surface area (Å²) in [4.78, 5) is 13.8. The van der Waals surface area contributed by atoms with Crippen LogP contribution in [0.2, 0.25) is 0 Å². The summed E-state index contributed by atoms with van der Waals surface area (Å²) in [5.74, 6) is 0.589. The van der Waals surface area contributed by atoms with Gasteiger partial charge in [0.25, 0.3) is 5.91 Å². The second-order valence-corrected chi connectivity index (χ2v) is 3.68. The zero-order valence-corrected chi connectivity index (χ0v) is 9.14. The molecule has 4 heteroatoms. The van der Waals surface area contributed by atoms with Crippen molar-refractivity contribution in [3.05, 3.63) is 35.9 Å². The third-order valence-corrected chi connectivity index (χ3v) is 2.52. The Morgan fingerprint density at radius 1 is 1.31 bits per heavy atom. The molecule has 1 aromatic rings. The Bertz CT molecular complexity index is 433. The Morgan fingerprint density at radius 2 is 2.00 bits per heavy atom. The Labute approximate surface area is 94.3 Å². The van der Waals surface area contributed by atoms with Crippen LogP contribution in [0.5, 0.6) is 5.75 Å². The Hall–Kier alpha value is -1.97. The minimum atomic E-state index is -0.0180. The van der Waals surface area contributed by atoms with Crippen molar-refractivity contribution in [2.24, 2.45) is 0 Å². The number of nitrogens with two attached hydrogens (primary N) is 1. The van der Waals surface area contributed by atoms with Crippen molar-refractivity contribution in [3.63, 3.8) is 0 Å². The van der Waals surface area contributed by atoms with E-state index in [-0.39, 0.29) is 5.91 Å². The molecule has 2 rings (SSSR count). The van der Waals surface area contributed by atoms with E-state index in [2.05, 4.69) is 0 Å². The van der Waals surface area contributed by atoms with Crippen LogP contribution in [0.15, 0.2) is 30.4 Å². The highest BCUT2D eigenvalue weighted by Gasteiger charge is 2.17. The lowest BCUT2D eigenvalue weighted by Crippen LogP contribution is -2.28. The highest BCUT2D eigenvalue weighted by Crippen LogP contribution is 2.20. The average molecular weight is 218 g/mol. The predicted octanol–water partition coefficient (Wildman–Crippen LogP) is 1.29. The first-order valence-electron chi connectivity index (χ1n) is 5.09. The van der Waals surface area contributed by atoms with Crippen LogP contribution in [-0.2, 0) is 0 Å². The standard InChI is InChI=1S/C12H14N2O2/c1-16-11-7-9(6-10(13)8-11)12(15)14-4-2-3-5-14/h2-3,6-8H,4-5,13H2,1H3. The Kier molecular flexibility index (Phi) is 2.81. The molecule has 1 aliphatic heterocycles. The molecule has 1 aromatic carbocycles. The molecule has 0 fully saturated rings. The van der Waals surface area contributed by atoms with Crippen molar-refractivity contribution in [3.8, 4) is 5.75 Å². The largest absolute Gasteiger partial charge is 0.497 e. The van der Waals surface area contributed by atoms with Crippen molar-refractivity contribution in [2.75, 3.05) is 25.9 Å². The molecule has 2 N–H and O–H groups in total. The van der Waals surface area contributed by atoms with Gasteiger partial charge in [-0.15, -0.1) is 0 Å². The maximum absolute atomic E-state index is 12.0. The van der Waals surface area contributed by atoms with Crippen molar-refractivity contribution in [1.29, 1.82) is 0 Å². The molecule has 0 spiro atoms. The first kappa shape index (κ1) is 10.5. The lowest BCUT2D eigenvalue weighted by Gasteiger charge is -2.16. The molecule has 0 saturated carbocycles. The highest BCUT2D eigenvalue weighted by molar-refractivity contribution is 5.96. The summed E-state index contributed by atoms with van der Waals surface area (Å²) in [7, 11) is 1.56. The van der Waals surface area contributed by atoms with Gasteiger partial charge in [-0.3, -0.25) is 4.79 Å². The monoisotopic (exact) mass is 218 g/mol. The molecule has 84 valence electrons. The topological polar surface area (TPSA) is 55.6 Å². The molecule has 0 aromatic heterocycles. The molecule has 1 aliphatic rings.